The van der Waals surface area contributed by atoms with Gasteiger partial charge in [0, 0.05) is 27.5 Å². The second kappa shape index (κ2) is 12.3. The predicted octanol–water partition coefficient (Wildman–Crippen LogP) is 10.6. The van der Waals surface area contributed by atoms with Crippen molar-refractivity contribution in [2.45, 2.75) is 12.1 Å². The van der Waals surface area contributed by atoms with Crippen molar-refractivity contribution in [1.82, 2.24) is 25.8 Å². The van der Waals surface area contributed by atoms with E-state index < -0.39 is 0 Å². The summed E-state index contributed by atoms with van der Waals surface area (Å²) in [6.07, 6.45) is 4.46. The van der Waals surface area contributed by atoms with Gasteiger partial charge >= 0.3 is 0 Å². The van der Waals surface area contributed by atoms with E-state index in [1.165, 1.54) is 16.5 Å². The zero-order valence-electron chi connectivity index (χ0n) is 29.0. The van der Waals surface area contributed by atoms with Gasteiger partial charge in [-0.3, -0.25) is 0 Å². The first kappa shape index (κ1) is 30.7. The summed E-state index contributed by atoms with van der Waals surface area (Å²) < 4.78 is 6.27. The van der Waals surface area contributed by atoms with E-state index in [1.807, 2.05) is 41.5 Å². The van der Waals surface area contributed by atoms with E-state index >= 15 is 0 Å². The molecule has 7 aromatic carbocycles. The Labute approximate surface area is 311 Å². The third-order valence-electron chi connectivity index (χ3n) is 10.6. The van der Waals surface area contributed by atoms with Gasteiger partial charge in [-0.1, -0.05) is 133 Å². The van der Waals surface area contributed by atoms with Crippen LogP contribution in [-0.4, -0.2) is 21.0 Å². The van der Waals surface area contributed by atoms with Crippen LogP contribution in [0.1, 0.15) is 17.2 Å². The van der Waals surface area contributed by atoms with Gasteiger partial charge in [-0.2, -0.15) is 0 Å². The standard InChI is InChI=1S/C47H32N6O/c1-3-9-29(10-4-1)30-15-18-32(19-16-30)45-48-46(50-47(49-45)35-22-25-39-38-13-7-8-14-41(38)54-42(39)28-35)34-21-24-37-33(27-34)20-17-31-23-26-40-44(43(31)37)52-53(51-40)36-11-5-2-6-12-36/h1-28,40,44,51-52H. The van der Waals surface area contributed by atoms with Gasteiger partial charge in [0.2, 0.25) is 0 Å². The number of aromatic nitrogens is 3. The maximum absolute atomic E-state index is 6.27. The molecule has 1 aliphatic heterocycles. The van der Waals surface area contributed by atoms with Gasteiger partial charge in [0.1, 0.15) is 11.2 Å². The number of furan rings is 1. The van der Waals surface area contributed by atoms with Crippen molar-refractivity contribution in [3.8, 4) is 45.3 Å². The molecule has 0 bridgehead atoms. The molecule has 7 nitrogen and oxygen atoms in total. The highest BCUT2D eigenvalue weighted by Gasteiger charge is 2.36. The number of benzene rings is 7. The number of rotatable bonds is 5. The van der Waals surface area contributed by atoms with Crippen LogP contribution in [0.2, 0.25) is 0 Å². The van der Waals surface area contributed by atoms with E-state index in [1.54, 1.807) is 0 Å². The number of anilines is 1. The maximum Gasteiger partial charge on any atom is 0.164 e. The molecule has 1 saturated heterocycles. The molecular formula is C47H32N6O. The first-order valence-corrected chi connectivity index (χ1v) is 18.2. The number of hydrogen-bond acceptors (Lipinski definition) is 7. The summed E-state index contributed by atoms with van der Waals surface area (Å²) in [5, 5.41) is 6.51. The molecule has 0 saturated carbocycles. The molecule has 2 aliphatic rings. The average molecular weight is 697 g/mol. The van der Waals surface area contributed by atoms with Gasteiger partial charge in [-0.15, -0.1) is 0 Å². The van der Waals surface area contributed by atoms with Gasteiger partial charge in [0.25, 0.3) is 0 Å². The van der Waals surface area contributed by atoms with E-state index in [0.29, 0.717) is 17.5 Å². The second-order valence-electron chi connectivity index (χ2n) is 13.9. The van der Waals surface area contributed by atoms with Gasteiger partial charge in [0.05, 0.1) is 17.8 Å². The van der Waals surface area contributed by atoms with Crippen molar-refractivity contribution in [2.75, 3.05) is 5.12 Å². The summed E-state index contributed by atoms with van der Waals surface area (Å²) in [5.41, 5.74) is 17.6. The lowest BCUT2D eigenvalue weighted by atomic mass is 9.86. The van der Waals surface area contributed by atoms with Crippen LogP contribution in [0.3, 0.4) is 0 Å². The lowest BCUT2D eigenvalue weighted by Gasteiger charge is -2.24. The summed E-state index contributed by atoms with van der Waals surface area (Å²) in [6, 6.07) is 54.6. The molecule has 2 aromatic heterocycles. The summed E-state index contributed by atoms with van der Waals surface area (Å²) >= 11 is 0. The Morgan fingerprint density at radius 1 is 0.481 bits per heavy atom. The van der Waals surface area contributed by atoms with Crippen LogP contribution >= 0.6 is 0 Å². The number of para-hydroxylation sites is 2. The van der Waals surface area contributed by atoms with Gasteiger partial charge in [-0.25, -0.2) is 30.9 Å². The van der Waals surface area contributed by atoms with Crippen LogP contribution in [-0.2, 0) is 0 Å². The monoisotopic (exact) mass is 696 g/mol. The highest BCUT2D eigenvalue weighted by molar-refractivity contribution is 6.05. The minimum atomic E-state index is 0.0714. The summed E-state index contributed by atoms with van der Waals surface area (Å²) in [5.74, 6) is 1.81. The second-order valence-corrected chi connectivity index (χ2v) is 13.9. The van der Waals surface area contributed by atoms with Crippen molar-refractivity contribution in [2.24, 2.45) is 0 Å². The Bertz CT molecular complexity index is 2900. The average Bonchev–Trinajstić information content (AvgIpc) is 3.86. The van der Waals surface area contributed by atoms with Gasteiger partial charge in [-0.05, 0) is 69.4 Å². The Kier molecular flexibility index (Phi) is 7.01. The lowest BCUT2D eigenvalue weighted by molar-refractivity contribution is 0.606. The Morgan fingerprint density at radius 2 is 1.09 bits per heavy atom. The van der Waals surface area contributed by atoms with Crippen LogP contribution in [0.4, 0.5) is 5.69 Å². The van der Waals surface area contributed by atoms with Crippen LogP contribution in [0.25, 0.3) is 84.1 Å². The number of nitrogens with zero attached hydrogens (tertiary/aromatic N) is 4. The highest BCUT2D eigenvalue weighted by Crippen LogP contribution is 2.39. The number of fused-ring (bicyclic) bond motifs is 8. The van der Waals surface area contributed by atoms with E-state index in [2.05, 4.69) is 144 Å². The number of hydrazine groups is 2. The molecule has 0 spiro atoms. The zero-order valence-corrected chi connectivity index (χ0v) is 29.0. The van der Waals surface area contributed by atoms with Crippen molar-refractivity contribution in [3.63, 3.8) is 0 Å². The molecule has 7 heteroatoms. The number of nitrogens with one attached hydrogen (secondary N) is 2. The topological polar surface area (TPSA) is 79.1 Å². The third kappa shape index (κ3) is 5.17. The molecule has 2 unspecified atom stereocenters. The molecule has 9 aromatic rings. The Balaban J connectivity index is 1.02. The third-order valence-corrected chi connectivity index (χ3v) is 10.6. The van der Waals surface area contributed by atoms with Crippen molar-refractivity contribution < 1.29 is 4.42 Å². The summed E-state index contributed by atoms with van der Waals surface area (Å²) in [6.45, 7) is 0. The fourth-order valence-electron chi connectivity index (χ4n) is 7.88. The highest BCUT2D eigenvalue weighted by atomic mass is 16.3. The van der Waals surface area contributed by atoms with E-state index in [0.717, 1.165) is 60.8 Å². The lowest BCUT2D eigenvalue weighted by Crippen LogP contribution is -2.39. The Morgan fingerprint density at radius 3 is 1.89 bits per heavy atom. The molecule has 0 radical (unpaired) electrons. The smallest absolute Gasteiger partial charge is 0.164 e. The minimum Gasteiger partial charge on any atom is -0.456 e. The molecule has 1 fully saturated rings. The predicted molar refractivity (Wildman–Crippen MR) is 217 cm³/mol. The molecule has 2 N–H and O–H groups in total. The fraction of sp³-hybridized carbons (Fsp3) is 0.0426. The van der Waals surface area contributed by atoms with Crippen molar-refractivity contribution in [1.29, 1.82) is 0 Å². The van der Waals surface area contributed by atoms with Crippen LogP contribution in [0, 0.1) is 0 Å². The SMILES string of the molecule is C1=CC2NN(c3ccccc3)NC2c2c1ccc1cc(-c3nc(-c4ccc(-c5ccccc5)cc4)nc(-c4ccc5c(c4)oc4ccccc45)n3)ccc21. The van der Waals surface area contributed by atoms with Crippen molar-refractivity contribution in [3.05, 3.63) is 175 Å². The zero-order chi connectivity index (χ0) is 35.6. The van der Waals surface area contributed by atoms with Gasteiger partial charge in [0.15, 0.2) is 17.5 Å². The van der Waals surface area contributed by atoms with Crippen LogP contribution in [0.15, 0.2) is 168 Å². The minimum absolute atomic E-state index is 0.0714. The largest absolute Gasteiger partial charge is 0.456 e. The van der Waals surface area contributed by atoms with E-state index in [9.17, 15) is 0 Å². The summed E-state index contributed by atoms with van der Waals surface area (Å²) in [4.78, 5) is 15.3. The number of hydrogen-bond donors (Lipinski definition) is 2. The molecule has 54 heavy (non-hydrogen) atoms. The molecular weight excluding hydrogens is 665 g/mol. The molecule has 11 rings (SSSR count). The molecule has 2 atom stereocenters. The molecule has 1 aliphatic carbocycles. The van der Waals surface area contributed by atoms with E-state index in [4.69, 9.17) is 19.4 Å². The van der Waals surface area contributed by atoms with Crippen LogP contribution < -0.4 is 16.0 Å². The molecule has 256 valence electrons. The summed E-state index contributed by atoms with van der Waals surface area (Å²) in [7, 11) is 0. The first-order chi connectivity index (χ1) is 26.7. The molecule has 3 heterocycles. The van der Waals surface area contributed by atoms with Crippen molar-refractivity contribution >= 4 is 44.5 Å². The maximum atomic E-state index is 6.27. The first-order valence-electron chi connectivity index (χ1n) is 18.2. The fourth-order valence-corrected chi connectivity index (χ4v) is 7.88. The van der Waals surface area contributed by atoms with E-state index in [-0.39, 0.29) is 12.1 Å². The molecule has 0 amide bonds. The quantitative estimate of drug-likeness (QED) is 0.185. The van der Waals surface area contributed by atoms with Gasteiger partial charge < -0.3 is 4.42 Å². The normalized spacial score (nSPS) is 16.3. The van der Waals surface area contributed by atoms with Crippen LogP contribution in [0.5, 0.6) is 0 Å². The Hall–Kier alpha value is -6.93.